The molecule has 2 aromatic heterocycles. The maximum Gasteiger partial charge on any atom is 0.255 e. The minimum absolute atomic E-state index is 0. The van der Waals surface area contributed by atoms with Gasteiger partial charge >= 0.3 is 0 Å². The van der Waals surface area contributed by atoms with E-state index in [4.69, 9.17) is 0 Å². The van der Waals surface area contributed by atoms with E-state index in [1.807, 2.05) is 33.7 Å². The van der Waals surface area contributed by atoms with Crippen molar-refractivity contribution in [3.63, 3.8) is 0 Å². The standard InChI is InChI=1S/C24H29N5O2.2ClH/c30-20-13-24(7-9-25-10-8-24)16-29(15-20)23(31)19-12-21-22(26-14-19)28(17-27-21)11-6-18-4-2-1-3-5-18;;/h1-5,12,14,17,20,25,30H,6-11,13,15-16H2;2*1H. The van der Waals surface area contributed by atoms with Crippen molar-refractivity contribution in [3.8, 4) is 0 Å². The molecule has 1 spiro atoms. The van der Waals surface area contributed by atoms with Crippen LogP contribution >= 0.6 is 24.8 Å². The van der Waals surface area contributed by atoms with Crippen molar-refractivity contribution in [2.24, 2.45) is 5.41 Å². The van der Waals surface area contributed by atoms with Gasteiger partial charge in [0, 0.05) is 25.8 Å². The number of piperidine rings is 2. The number of hydrogen-bond donors (Lipinski definition) is 2. The van der Waals surface area contributed by atoms with Crippen molar-refractivity contribution in [1.29, 1.82) is 0 Å². The number of nitrogens with zero attached hydrogens (tertiary/aromatic N) is 4. The number of carbonyl (C=O) groups excluding carboxylic acids is 1. The molecule has 1 amide bonds. The Hall–Kier alpha value is -2.19. The van der Waals surface area contributed by atoms with Crippen molar-refractivity contribution in [3.05, 3.63) is 60.0 Å². The van der Waals surface area contributed by atoms with Crippen LogP contribution < -0.4 is 5.32 Å². The highest BCUT2D eigenvalue weighted by molar-refractivity contribution is 5.96. The van der Waals surface area contributed by atoms with Gasteiger partial charge in [-0.2, -0.15) is 0 Å². The summed E-state index contributed by atoms with van der Waals surface area (Å²) < 4.78 is 2.03. The normalized spacial score (nSPS) is 19.7. The molecule has 2 aliphatic heterocycles. The molecule has 2 aliphatic rings. The van der Waals surface area contributed by atoms with Gasteiger partial charge in [-0.05, 0) is 55.8 Å². The largest absolute Gasteiger partial charge is 0.391 e. The number of amides is 1. The first kappa shape index (κ1) is 25.4. The number of benzene rings is 1. The van der Waals surface area contributed by atoms with E-state index in [0.717, 1.165) is 56.5 Å². The molecule has 2 fully saturated rings. The Balaban J connectivity index is 0.00000153. The molecule has 7 nitrogen and oxygen atoms in total. The van der Waals surface area contributed by atoms with Crippen LogP contribution in [0.25, 0.3) is 11.2 Å². The van der Waals surface area contributed by atoms with E-state index >= 15 is 0 Å². The van der Waals surface area contributed by atoms with Gasteiger partial charge in [0.1, 0.15) is 5.52 Å². The zero-order valence-corrected chi connectivity index (χ0v) is 20.2. The zero-order chi connectivity index (χ0) is 21.3. The van der Waals surface area contributed by atoms with Crippen LogP contribution in [0.15, 0.2) is 48.9 Å². The third kappa shape index (κ3) is 5.49. The molecule has 4 heterocycles. The number of aliphatic hydroxyl groups is 1. The maximum absolute atomic E-state index is 13.3. The monoisotopic (exact) mass is 491 g/mol. The highest BCUT2D eigenvalue weighted by Crippen LogP contribution is 2.38. The van der Waals surface area contributed by atoms with E-state index in [0.29, 0.717) is 18.7 Å². The molecule has 2 N–H and O–H groups in total. The second-order valence-electron chi connectivity index (χ2n) is 9.03. The Morgan fingerprint density at radius 2 is 1.91 bits per heavy atom. The molecule has 1 aromatic carbocycles. The minimum atomic E-state index is -0.468. The zero-order valence-electron chi connectivity index (χ0n) is 18.5. The van der Waals surface area contributed by atoms with Gasteiger partial charge in [-0.15, -0.1) is 24.8 Å². The fourth-order valence-electron chi connectivity index (χ4n) is 5.13. The number of aryl methyl sites for hydroxylation is 2. The molecule has 0 bridgehead atoms. The molecular formula is C24H31Cl2N5O2. The number of aromatic nitrogens is 3. The lowest BCUT2D eigenvalue weighted by atomic mass is 9.72. The Morgan fingerprint density at radius 3 is 2.67 bits per heavy atom. The highest BCUT2D eigenvalue weighted by Gasteiger charge is 2.41. The van der Waals surface area contributed by atoms with Crippen LogP contribution in [-0.2, 0) is 13.0 Å². The number of nitrogens with one attached hydrogen (secondary N) is 1. The number of imidazole rings is 1. The molecule has 1 unspecified atom stereocenters. The molecule has 3 aromatic rings. The number of β-amino-alcohol motifs (C(OH)–C–C–N with tert-alkyl or cyclic N) is 1. The quantitative estimate of drug-likeness (QED) is 0.585. The summed E-state index contributed by atoms with van der Waals surface area (Å²) in [7, 11) is 0. The summed E-state index contributed by atoms with van der Waals surface area (Å²) >= 11 is 0. The van der Waals surface area contributed by atoms with Crippen molar-refractivity contribution in [2.45, 2.75) is 38.3 Å². The van der Waals surface area contributed by atoms with Crippen LogP contribution in [0.4, 0.5) is 0 Å². The predicted molar refractivity (Wildman–Crippen MR) is 133 cm³/mol. The van der Waals surface area contributed by atoms with Gasteiger partial charge in [0.05, 0.1) is 18.0 Å². The third-order valence-electron chi connectivity index (χ3n) is 6.76. The van der Waals surface area contributed by atoms with Gasteiger partial charge in [0.25, 0.3) is 5.91 Å². The SMILES string of the molecule is Cl.Cl.O=C(c1cnc2c(c1)ncn2CCc1ccccc1)N1CC(O)CC2(CCNCC2)C1. The van der Waals surface area contributed by atoms with Gasteiger partial charge in [0.15, 0.2) is 5.65 Å². The molecular weight excluding hydrogens is 461 g/mol. The van der Waals surface area contributed by atoms with Gasteiger partial charge in [-0.3, -0.25) is 4.79 Å². The van der Waals surface area contributed by atoms with Crippen molar-refractivity contribution in [2.75, 3.05) is 26.2 Å². The van der Waals surface area contributed by atoms with E-state index in [2.05, 4.69) is 27.4 Å². The Morgan fingerprint density at radius 1 is 1.15 bits per heavy atom. The third-order valence-corrected chi connectivity index (χ3v) is 6.76. The lowest BCUT2D eigenvalue weighted by Gasteiger charge is -2.47. The van der Waals surface area contributed by atoms with E-state index in [1.165, 1.54) is 5.56 Å². The number of carbonyl (C=O) groups is 1. The second kappa shape index (κ2) is 10.8. The summed E-state index contributed by atoms with van der Waals surface area (Å²) in [6.07, 6.45) is 6.65. The number of fused-ring (bicyclic) bond motifs is 1. The first-order valence-corrected chi connectivity index (χ1v) is 11.1. The second-order valence-corrected chi connectivity index (χ2v) is 9.03. The molecule has 2 saturated heterocycles. The number of hydrogen-bond acceptors (Lipinski definition) is 5. The number of halogens is 2. The molecule has 0 aliphatic carbocycles. The van der Waals surface area contributed by atoms with Crippen molar-refractivity contribution < 1.29 is 9.90 Å². The topological polar surface area (TPSA) is 83.3 Å². The molecule has 33 heavy (non-hydrogen) atoms. The fraction of sp³-hybridized carbons (Fsp3) is 0.458. The van der Waals surface area contributed by atoms with Crippen LogP contribution in [0.2, 0.25) is 0 Å². The molecule has 1 atom stereocenters. The lowest BCUT2D eigenvalue weighted by Crippen LogP contribution is -2.54. The minimum Gasteiger partial charge on any atom is -0.391 e. The molecule has 0 saturated carbocycles. The van der Waals surface area contributed by atoms with Crippen LogP contribution in [0, 0.1) is 5.41 Å². The summed E-state index contributed by atoms with van der Waals surface area (Å²) in [4.78, 5) is 24.1. The highest BCUT2D eigenvalue weighted by atomic mass is 35.5. The number of pyridine rings is 1. The first-order chi connectivity index (χ1) is 15.1. The van der Waals surface area contributed by atoms with Crippen LogP contribution in [0.1, 0.15) is 35.2 Å². The summed E-state index contributed by atoms with van der Waals surface area (Å²) in [6, 6.07) is 12.2. The molecule has 178 valence electrons. The van der Waals surface area contributed by atoms with Crippen LogP contribution in [0.3, 0.4) is 0 Å². The fourth-order valence-corrected chi connectivity index (χ4v) is 5.13. The van der Waals surface area contributed by atoms with Gasteiger partial charge < -0.3 is 19.9 Å². The average Bonchev–Trinajstić information content (AvgIpc) is 3.20. The van der Waals surface area contributed by atoms with Gasteiger partial charge in [-0.1, -0.05) is 30.3 Å². The number of rotatable bonds is 4. The first-order valence-electron chi connectivity index (χ1n) is 11.1. The van der Waals surface area contributed by atoms with E-state index < -0.39 is 6.10 Å². The van der Waals surface area contributed by atoms with Crippen LogP contribution in [0.5, 0.6) is 0 Å². The predicted octanol–water partition coefficient (Wildman–Crippen LogP) is 3.09. The molecule has 9 heteroatoms. The molecule has 5 rings (SSSR count). The van der Waals surface area contributed by atoms with Gasteiger partial charge in [0.2, 0.25) is 0 Å². The Labute approximate surface area is 206 Å². The number of aliphatic hydroxyl groups excluding tert-OH is 1. The Kier molecular flexibility index (Phi) is 8.34. The summed E-state index contributed by atoms with van der Waals surface area (Å²) in [5.41, 5.74) is 3.36. The summed E-state index contributed by atoms with van der Waals surface area (Å²) in [5.74, 6) is -0.0649. The van der Waals surface area contributed by atoms with E-state index in [1.54, 1.807) is 12.5 Å². The average molecular weight is 492 g/mol. The van der Waals surface area contributed by atoms with Gasteiger partial charge in [-0.25, -0.2) is 9.97 Å². The van der Waals surface area contributed by atoms with Crippen molar-refractivity contribution in [1.82, 2.24) is 24.8 Å². The van der Waals surface area contributed by atoms with Crippen LogP contribution in [-0.4, -0.2) is 62.7 Å². The maximum atomic E-state index is 13.3. The van der Waals surface area contributed by atoms with E-state index in [-0.39, 0.29) is 36.1 Å². The Bertz CT molecular complexity index is 1070. The lowest BCUT2D eigenvalue weighted by molar-refractivity contribution is -0.0174. The smallest absolute Gasteiger partial charge is 0.255 e. The molecule has 0 radical (unpaired) electrons. The summed E-state index contributed by atoms with van der Waals surface area (Å²) in [5, 5.41) is 13.9. The number of likely N-dealkylation sites (tertiary alicyclic amines) is 1. The van der Waals surface area contributed by atoms with Crippen molar-refractivity contribution >= 4 is 41.9 Å². The summed E-state index contributed by atoms with van der Waals surface area (Å²) in [6.45, 7) is 3.77. The van der Waals surface area contributed by atoms with E-state index in [9.17, 15) is 9.90 Å².